The second kappa shape index (κ2) is 10.1. The molecule has 0 unspecified atom stereocenters. The SMILES string of the molecule is CC[C@@H](C)[C@@H](CO)NC(=O)CC[C@@H]1NC(=O)N(Cc2ccc(OC)cc2)C1=O. The maximum Gasteiger partial charge on any atom is 0.325 e. The van der Waals surface area contributed by atoms with E-state index < -0.39 is 12.1 Å². The third kappa shape index (κ3) is 5.45. The Balaban J connectivity index is 1.87. The van der Waals surface area contributed by atoms with E-state index >= 15 is 0 Å². The normalized spacial score (nSPS) is 18.6. The van der Waals surface area contributed by atoms with Crippen molar-refractivity contribution in [1.29, 1.82) is 0 Å². The lowest BCUT2D eigenvalue weighted by Gasteiger charge is -2.22. The van der Waals surface area contributed by atoms with E-state index in [9.17, 15) is 19.5 Å². The minimum Gasteiger partial charge on any atom is -0.497 e. The van der Waals surface area contributed by atoms with E-state index in [0.717, 1.165) is 16.9 Å². The molecule has 1 aliphatic rings. The van der Waals surface area contributed by atoms with Gasteiger partial charge in [0.1, 0.15) is 11.8 Å². The van der Waals surface area contributed by atoms with Crippen LogP contribution in [0.4, 0.5) is 4.79 Å². The summed E-state index contributed by atoms with van der Waals surface area (Å²) in [4.78, 5) is 38.0. The number of amides is 4. The standard InChI is InChI=1S/C20H29N3O5/c1-4-13(2)17(12-24)21-18(25)10-9-16-19(26)23(20(27)22-16)11-14-5-7-15(28-3)8-6-14/h5-8,13,16-17,24H,4,9-12H2,1-3H3,(H,21,25)(H,22,27)/t13-,16+,17-/m1/s1. The fourth-order valence-corrected chi connectivity index (χ4v) is 3.04. The molecule has 4 amide bonds. The van der Waals surface area contributed by atoms with Crippen molar-refractivity contribution < 1.29 is 24.2 Å². The Kier molecular flexibility index (Phi) is 7.80. The molecule has 1 saturated heterocycles. The number of nitrogens with one attached hydrogen (secondary N) is 2. The molecule has 0 aromatic heterocycles. The van der Waals surface area contributed by atoms with Gasteiger partial charge in [0.05, 0.1) is 26.3 Å². The molecule has 1 heterocycles. The lowest BCUT2D eigenvalue weighted by molar-refractivity contribution is -0.128. The summed E-state index contributed by atoms with van der Waals surface area (Å²) in [5, 5.41) is 14.8. The van der Waals surface area contributed by atoms with Gasteiger partial charge >= 0.3 is 6.03 Å². The third-order valence-electron chi connectivity index (χ3n) is 5.14. The van der Waals surface area contributed by atoms with Crippen LogP contribution in [0.2, 0.25) is 0 Å². The molecule has 0 saturated carbocycles. The second-order valence-corrected chi connectivity index (χ2v) is 7.06. The van der Waals surface area contributed by atoms with Crippen molar-refractivity contribution in [3.8, 4) is 5.75 Å². The van der Waals surface area contributed by atoms with Gasteiger partial charge in [-0.3, -0.25) is 14.5 Å². The summed E-state index contributed by atoms with van der Waals surface area (Å²) >= 11 is 0. The van der Waals surface area contributed by atoms with Crippen molar-refractivity contribution in [2.75, 3.05) is 13.7 Å². The number of hydrogen-bond acceptors (Lipinski definition) is 5. The van der Waals surface area contributed by atoms with Crippen LogP contribution < -0.4 is 15.4 Å². The molecule has 28 heavy (non-hydrogen) atoms. The van der Waals surface area contributed by atoms with Gasteiger partial charge in [0, 0.05) is 6.42 Å². The number of carbonyl (C=O) groups excluding carboxylic acids is 3. The van der Waals surface area contributed by atoms with Crippen LogP contribution in [0.1, 0.15) is 38.7 Å². The largest absolute Gasteiger partial charge is 0.497 e. The van der Waals surface area contributed by atoms with Crippen LogP contribution in [0.5, 0.6) is 5.75 Å². The van der Waals surface area contributed by atoms with Gasteiger partial charge < -0.3 is 20.5 Å². The fraction of sp³-hybridized carbons (Fsp3) is 0.550. The van der Waals surface area contributed by atoms with E-state index in [0.29, 0.717) is 5.75 Å². The first-order valence-electron chi connectivity index (χ1n) is 9.54. The van der Waals surface area contributed by atoms with Crippen molar-refractivity contribution >= 4 is 17.8 Å². The average molecular weight is 391 g/mol. The predicted octanol–water partition coefficient (Wildman–Crippen LogP) is 1.42. The first-order valence-corrected chi connectivity index (χ1v) is 9.54. The molecule has 0 spiro atoms. The molecule has 0 aliphatic carbocycles. The summed E-state index contributed by atoms with van der Waals surface area (Å²) in [6, 6.07) is 5.65. The fourth-order valence-electron chi connectivity index (χ4n) is 3.04. The van der Waals surface area contributed by atoms with Gasteiger partial charge in [-0.25, -0.2) is 4.79 Å². The zero-order valence-corrected chi connectivity index (χ0v) is 16.6. The van der Waals surface area contributed by atoms with Crippen LogP contribution >= 0.6 is 0 Å². The summed E-state index contributed by atoms with van der Waals surface area (Å²) in [6.07, 6.45) is 1.15. The number of ether oxygens (including phenoxy) is 1. The van der Waals surface area contributed by atoms with E-state index in [2.05, 4.69) is 10.6 Å². The summed E-state index contributed by atoms with van der Waals surface area (Å²) in [5.74, 6) is 0.273. The Morgan fingerprint density at radius 2 is 2.00 bits per heavy atom. The summed E-state index contributed by atoms with van der Waals surface area (Å²) in [7, 11) is 1.57. The topological polar surface area (TPSA) is 108 Å². The smallest absolute Gasteiger partial charge is 0.325 e. The number of urea groups is 1. The Hall–Kier alpha value is -2.61. The van der Waals surface area contributed by atoms with E-state index in [1.165, 1.54) is 0 Å². The van der Waals surface area contributed by atoms with Crippen LogP contribution in [-0.4, -0.2) is 53.7 Å². The van der Waals surface area contributed by atoms with Crippen molar-refractivity contribution in [2.24, 2.45) is 5.92 Å². The molecule has 8 nitrogen and oxygen atoms in total. The van der Waals surface area contributed by atoms with E-state index in [-0.39, 0.29) is 49.8 Å². The number of aliphatic hydroxyl groups excluding tert-OH is 1. The summed E-state index contributed by atoms with van der Waals surface area (Å²) in [6.45, 7) is 3.98. The molecular formula is C20H29N3O5. The van der Waals surface area contributed by atoms with Gasteiger partial charge in [-0.1, -0.05) is 32.4 Å². The molecule has 1 fully saturated rings. The van der Waals surface area contributed by atoms with Gasteiger partial charge in [0.15, 0.2) is 0 Å². The Morgan fingerprint density at radius 3 is 2.57 bits per heavy atom. The molecule has 2 rings (SSSR count). The molecule has 8 heteroatoms. The highest BCUT2D eigenvalue weighted by Crippen LogP contribution is 2.17. The van der Waals surface area contributed by atoms with Crippen LogP contribution in [0, 0.1) is 5.92 Å². The highest BCUT2D eigenvalue weighted by molar-refractivity contribution is 6.04. The molecule has 3 atom stereocenters. The van der Waals surface area contributed by atoms with E-state index in [1.54, 1.807) is 31.4 Å². The van der Waals surface area contributed by atoms with E-state index in [4.69, 9.17) is 4.74 Å². The number of benzene rings is 1. The van der Waals surface area contributed by atoms with Crippen molar-refractivity contribution in [3.05, 3.63) is 29.8 Å². The Labute approximate surface area is 165 Å². The molecule has 1 aromatic rings. The van der Waals surface area contributed by atoms with Crippen LogP contribution in [0.15, 0.2) is 24.3 Å². The predicted molar refractivity (Wildman–Crippen MR) is 104 cm³/mol. The number of hydrogen-bond donors (Lipinski definition) is 3. The lowest BCUT2D eigenvalue weighted by Crippen LogP contribution is -2.42. The first-order chi connectivity index (χ1) is 13.4. The van der Waals surface area contributed by atoms with Gasteiger partial charge in [-0.15, -0.1) is 0 Å². The zero-order valence-electron chi connectivity index (χ0n) is 16.6. The average Bonchev–Trinajstić information content (AvgIpc) is 2.97. The highest BCUT2D eigenvalue weighted by Gasteiger charge is 2.37. The lowest BCUT2D eigenvalue weighted by atomic mass is 9.99. The maximum absolute atomic E-state index is 12.5. The minimum atomic E-state index is -0.715. The first kappa shape index (κ1) is 21.7. The molecule has 0 radical (unpaired) electrons. The molecule has 154 valence electrons. The molecule has 3 N–H and O–H groups in total. The monoisotopic (exact) mass is 391 g/mol. The van der Waals surface area contributed by atoms with E-state index in [1.807, 2.05) is 13.8 Å². The quantitative estimate of drug-likeness (QED) is 0.523. The molecule has 1 aliphatic heterocycles. The van der Waals surface area contributed by atoms with Crippen LogP contribution in [0.25, 0.3) is 0 Å². The minimum absolute atomic E-state index is 0.0972. The van der Waals surface area contributed by atoms with Gasteiger partial charge in [0.2, 0.25) is 5.91 Å². The Bertz CT molecular complexity index is 692. The Morgan fingerprint density at radius 1 is 1.32 bits per heavy atom. The second-order valence-electron chi connectivity index (χ2n) is 7.06. The van der Waals surface area contributed by atoms with Crippen molar-refractivity contribution in [1.82, 2.24) is 15.5 Å². The molecular weight excluding hydrogens is 362 g/mol. The van der Waals surface area contributed by atoms with Gasteiger partial charge in [-0.05, 0) is 30.0 Å². The molecule has 1 aromatic carbocycles. The van der Waals surface area contributed by atoms with Gasteiger partial charge in [-0.2, -0.15) is 0 Å². The number of carbonyl (C=O) groups is 3. The summed E-state index contributed by atoms with van der Waals surface area (Å²) < 4.78 is 5.10. The van der Waals surface area contributed by atoms with Crippen molar-refractivity contribution in [3.63, 3.8) is 0 Å². The number of aliphatic hydroxyl groups is 1. The van der Waals surface area contributed by atoms with Crippen LogP contribution in [0.3, 0.4) is 0 Å². The number of methoxy groups -OCH3 is 1. The van der Waals surface area contributed by atoms with Crippen molar-refractivity contribution in [2.45, 2.75) is 51.7 Å². The maximum atomic E-state index is 12.5. The zero-order chi connectivity index (χ0) is 20.7. The summed E-state index contributed by atoms with van der Waals surface area (Å²) in [5.41, 5.74) is 0.807. The molecule has 0 bridgehead atoms. The number of rotatable bonds is 10. The van der Waals surface area contributed by atoms with Crippen LogP contribution in [-0.2, 0) is 16.1 Å². The number of imide groups is 1. The highest BCUT2D eigenvalue weighted by atomic mass is 16.5. The van der Waals surface area contributed by atoms with Gasteiger partial charge in [0.25, 0.3) is 5.91 Å². The number of nitrogens with zero attached hydrogens (tertiary/aromatic N) is 1. The third-order valence-corrected chi connectivity index (χ3v) is 5.14.